The van der Waals surface area contributed by atoms with Crippen molar-refractivity contribution in [3.8, 4) is 5.69 Å². The fraction of sp³-hybridized carbons (Fsp3) is 0.125. The summed E-state index contributed by atoms with van der Waals surface area (Å²) in [4.78, 5) is 27.6. The molecule has 30 heavy (non-hydrogen) atoms. The standard InChI is InChI=1S/C24H21N3O3/c1-16-19(17(2)27(26-16)18-8-4-3-5-9-18)12-13-24(29)30-15-23(28)21-14-25-22-11-7-6-10-20(21)22/h3-14,25H,15H2,1-2H3/b13-12+. The summed E-state index contributed by atoms with van der Waals surface area (Å²) in [7, 11) is 0. The summed E-state index contributed by atoms with van der Waals surface area (Å²) in [5.74, 6) is -0.826. The Kier molecular flexibility index (Phi) is 5.30. The molecule has 0 aliphatic rings. The molecule has 2 aromatic heterocycles. The highest BCUT2D eigenvalue weighted by molar-refractivity contribution is 6.09. The predicted molar refractivity (Wildman–Crippen MR) is 116 cm³/mol. The van der Waals surface area contributed by atoms with Crippen LogP contribution in [0.15, 0.2) is 66.9 Å². The summed E-state index contributed by atoms with van der Waals surface area (Å²) in [6.07, 6.45) is 4.64. The number of nitrogens with zero attached hydrogens (tertiary/aromatic N) is 2. The van der Waals surface area contributed by atoms with Crippen molar-refractivity contribution in [2.24, 2.45) is 0 Å². The number of aromatic amines is 1. The first-order valence-corrected chi connectivity index (χ1v) is 9.60. The molecule has 0 aliphatic carbocycles. The zero-order valence-electron chi connectivity index (χ0n) is 16.8. The number of Topliss-reactive ketones (excluding diaryl/α,β-unsaturated/α-hetero) is 1. The number of carbonyl (C=O) groups is 2. The van der Waals surface area contributed by atoms with Crippen LogP contribution in [0.1, 0.15) is 27.3 Å². The second-order valence-electron chi connectivity index (χ2n) is 6.94. The van der Waals surface area contributed by atoms with E-state index in [0.717, 1.165) is 33.5 Å². The highest BCUT2D eigenvalue weighted by Crippen LogP contribution is 2.20. The third-order valence-corrected chi connectivity index (χ3v) is 4.97. The van der Waals surface area contributed by atoms with Crippen molar-refractivity contribution in [3.05, 3.63) is 89.4 Å². The summed E-state index contributed by atoms with van der Waals surface area (Å²) in [6.45, 7) is 3.52. The van der Waals surface area contributed by atoms with E-state index in [0.29, 0.717) is 5.56 Å². The Labute approximate surface area is 173 Å². The summed E-state index contributed by atoms with van der Waals surface area (Å²) < 4.78 is 6.99. The Morgan fingerprint density at radius 2 is 1.80 bits per heavy atom. The van der Waals surface area contributed by atoms with Crippen LogP contribution in [0.4, 0.5) is 0 Å². The number of rotatable bonds is 6. The maximum absolute atomic E-state index is 12.4. The fourth-order valence-electron chi connectivity index (χ4n) is 3.43. The number of hydrogen-bond acceptors (Lipinski definition) is 4. The van der Waals surface area contributed by atoms with Crippen LogP contribution in [0.5, 0.6) is 0 Å². The molecule has 0 unspecified atom stereocenters. The van der Waals surface area contributed by atoms with Gasteiger partial charge >= 0.3 is 5.97 Å². The number of carbonyl (C=O) groups excluding carboxylic acids is 2. The Balaban J connectivity index is 1.43. The van der Waals surface area contributed by atoms with Crippen LogP contribution >= 0.6 is 0 Å². The quantitative estimate of drug-likeness (QED) is 0.296. The van der Waals surface area contributed by atoms with Gasteiger partial charge in [0.1, 0.15) is 0 Å². The number of ether oxygens (including phenoxy) is 1. The number of ketones is 1. The minimum absolute atomic E-state index is 0.251. The highest BCUT2D eigenvalue weighted by Gasteiger charge is 2.14. The average molecular weight is 399 g/mol. The minimum Gasteiger partial charge on any atom is -0.454 e. The Morgan fingerprint density at radius 1 is 1.07 bits per heavy atom. The molecule has 2 heterocycles. The molecule has 0 spiro atoms. The van der Waals surface area contributed by atoms with Gasteiger partial charge in [0.2, 0.25) is 5.78 Å². The first-order valence-electron chi connectivity index (χ1n) is 9.60. The van der Waals surface area contributed by atoms with Gasteiger partial charge in [0.05, 0.1) is 11.4 Å². The van der Waals surface area contributed by atoms with Gasteiger partial charge in [-0.3, -0.25) is 4.79 Å². The monoisotopic (exact) mass is 399 g/mol. The van der Waals surface area contributed by atoms with Gasteiger partial charge in [-0.1, -0.05) is 36.4 Å². The van der Waals surface area contributed by atoms with Crippen LogP contribution in [0, 0.1) is 13.8 Å². The van der Waals surface area contributed by atoms with Crippen molar-refractivity contribution < 1.29 is 14.3 Å². The fourth-order valence-corrected chi connectivity index (χ4v) is 3.43. The minimum atomic E-state index is -0.575. The van der Waals surface area contributed by atoms with E-state index in [-0.39, 0.29) is 12.4 Å². The first kappa shape index (κ1) is 19.4. The van der Waals surface area contributed by atoms with E-state index < -0.39 is 5.97 Å². The summed E-state index contributed by atoms with van der Waals surface area (Å²) in [5.41, 5.74) is 4.89. The van der Waals surface area contributed by atoms with Gasteiger partial charge in [-0.2, -0.15) is 5.10 Å². The lowest BCUT2D eigenvalue weighted by molar-refractivity contribution is -0.136. The molecule has 4 aromatic rings. The second-order valence-corrected chi connectivity index (χ2v) is 6.94. The second kappa shape index (κ2) is 8.21. The van der Waals surface area contributed by atoms with Crippen LogP contribution in [-0.4, -0.2) is 33.1 Å². The van der Waals surface area contributed by atoms with E-state index in [9.17, 15) is 9.59 Å². The van der Waals surface area contributed by atoms with Crippen molar-refractivity contribution in [2.75, 3.05) is 6.61 Å². The Morgan fingerprint density at radius 3 is 2.60 bits per heavy atom. The smallest absolute Gasteiger partial charge is 0.331 e. The van der Waals surface area contributed by atoms with Crippen LogP contribution < -0.4 is 0 Å². The van der Waals surface area contributed by atoms with Crippen molar-refractivity contribution >= 4 is 28.7 Å². The third kappa shape index (κ3) is 3.80. The molecular formula is C24H21N3O3. The first-order chi connectivity index (χ1) is 14.5. The number of aryl methyl sites for hydroxylation is 1. The zero-order chi connectivity index (χ0) is 21.1. The third-order valence-electron chi connectivity index (χ3n) is 4.97. The number of aromatic nitrogens is 3. The normalized spacial score (nSPS) is 11.3. The van der Waals surface area contributed by atoms with Gasteiger partial charge in [0, 0.05) is 40.0 Å². The number of benzene rings is 2. The SMILES string of the molecule is Cc1nn(-c2ccccc2)c(C)c1/C=C/C(=O)OCC(=O)c1c[nH]c2ccccc12. The number of H-pyrrole nitrogens is 1. The topological polar surface area (TPSA) is 77.0 Å². The van der Waals surface area contributed by atoms with E-state index in [2.05, 4.69) is 10.1 Å². The lowest BCUT2D eigenvalue weighted by Gasteiger charge is -2.03. The van der Waals surface area contributed by atoms with E-state index >= 15 is 0 Å². The molecular weight excluding hydrogens is 378 g/mol. The largest absolute Gasteiger partial charge is 0.454 e. The van der Waals surface area contributed by atoms with E-state index in [4.69, 9.17) is 4.74 Å². The Bertz CT molecular complexity index is 1250. The number of hydrogen-bond donors (Lipinski definition) is 1. The van der Waals surface area contributed by atoms with Gasteiger partial charge in [0.15, 0.2) is 6.61 Å². The molecule has 150 valence electrons. The van der Waals surface area contributed by atoms with Crippen LogP contribution in [0.25, 0.3) is 22.7 Å². The number of para-hydroxylation sites is 2. The van der Waals surface area contributed by atoms with Gasteiger partial charge < -0.3 is 9.72 Å². The average Bonchev–Trinajstić information content (AvgIpc) is 3.32. The molecule has 2 aromatic carbocycles. The van der Waals surface area contributed by atoms with Crippen LogP contribution in [-0.2, 0) is 9.53 Å². The number of fused-ring (bicyclic) bond motifs is 1. The van der Waals surface area contributed by atoms with Crippen molar-refractivity contribution in [3.63, 3.8) is 0 Å². The van der Waals surface area contributed by atoms with Gasteiger partial charge in [-0.25, -0.2) is 9.48 Å². The molecule has 1 N–H and O–H groups in total. The molecule has 0 aliphatic heterocycles. The van der Waals surface area contributed by atoms with Gasteiger partial charge in [-0.05, 0) is 38.1 Å². The number of nitrogens with one attached hydrogen (secondary N) is 1. The highest BCUT2D eigenvalue weighted by atomic mass is 16.5. The predicted octanol–water partition coefficient (Wildman–Crippen LogP) is 4.41. The molecule has 0 fully saturated rings. The maximum atomic E-state index is 12.4. The van der Waals surface area contributed by atoms with Crippen molar-refractivity contribution in [1.82, 2.24) is 14.8 Å². The molecule has 6 heteroatoms. The number of esters is 1. The molecule has 0 saturated carbocycles. The zero-order valence-corrected chi connectivity index (χ0v) is 16.8. The molecule has 4 rings (SSSR count). The molecule has 6 nitrogen and oxygen atoms in total. The summed E-state index contributed by atoms with van der Waals surface area (Å²) in [6, 6.07) is 17.3. The molecule has 0 atom stereocenters. The van der Waals surface area contributed by atoms with Crippen molar-refractivity contribution in [1.29, 1.82) is 0 Å². The molecule has 0 radical (unpaired) electrons. The summed E-state index contributed by atoms with van der Waals surface area (Å²) in [5, 5.41) is 5.36. The van der Waals surface area contributed by atoms with E-state index in [1.54, 1.807) is 12.3 Å². The van der Waals surface area contributed by atoms with E-state index in [1.165, 1.54) is 6.08 Å². The Hall–Kier alpha value is -3.93. The van der Waals surface area contributed by atoms with Crippen LogP contribution in [0.2, 0.25) is 0 Å². The maximum Gasteiger partial charge on any atom is 0.331 e. The van der Waals surface area contributed by atoms with Crippen LogP contribution in [0.3, 0.4) is 0 Å². The lowest BCUT2D eigenvalue weighted by atomic mass is 10.1. The van der Waals surface area contributed by atoms with Crippen molar-refractivity contribution in [2.45, 2.75) is 13.8 Å². The molecule has 0 saturated heterocycles. The molecule has 0 bridgehead atoms. The lowest BCUT2D eigenvalue weighted by Crippen LogP contribution is -2.12. The molecule has 0 amide bonds. The van der Waals surface area contributed by atoms with E-state index in [1.807, 2.05) is 73.1 Å². The van der Waals surface area contributed by atoms with Gasteiger partial charge in [0.25, 0.3) is 0 Å². The summed E-state index contributed by atoms with van der Waals surface area (Å²) >= 11 is 0. The van der Waals surface area contributed by atoms with Gasteiger partial charge in [-0.15, -0.1) is 0 Å².